The van der Waals surface area contributed by atoms with Crippen molar-refractivity contribution in [2.45, 2.75) is 26.3 Å². The SMILES string of the molecule is CC(C)(C)Nc1c(-c2ccc(C#Cc3cccc4[nH]ccc34)s2)nc2cnccn12. The van der Waals surface area contributed by atoms with Gasteiger partial charge in [-0.25, -0.2) is 4.98 Å². The first-order chi connectivity index (χ1) is 14.5. The van der Waals surface area contributed by atoms with E-state index in [1.165, 1.54) is 0 Å². The molecule has 0 bridgehead atoms. The molecule has 0 unspecified atom stereocenters. The number of nitrogens with zero attached hydrogens (tertiary/aromatic N) is 3. The predicted molar refractivity (Wildman–Crippen MR) is 124 cm³/mol. The number of imidazole rings is 1. The smallest absolute Gasteiger partial charge is 0.157 e. The largest absolute Gasteiger partial charge is 0.365 e. The van der Waals surface area contributed by atoms with Crippen LogP contribution in [0, 0.1) is 11.8 Å². The van der Waals surface area contributed by atoms with Crippen molar-refractivity contribution in [3.05, 3.63) is 71.6 Å². The number of fused-ring (bicyclic) bond motifs is 2. The van der Waals surface area contributed by atoms with Gasteiger partial charge in [-0.1, -0.05) is 17.9 Å². The van der Waals surface area contributed by atoms with Crippen molar-refractivity contribution < 1.29 is 0 Å². The molecule has 0 aliphatic heterocycles. The third-order valence-electron chi connectivity index (χ3n) is 4.68. The number of hydrogen-bond acceptors (Lipinski definition) is 4. The molecule has 0 spiro atoms. The Morgan fingerprint density at radius 3 is 2.87 bits per heavy atom. The predicted octanol–water partition coefficient (Wildman–Crippen LogP) is 5.55. The number of benzene rings is 1. The molecule has 0 fully saturated rings. The molecule has 0 radical (unpaired) electrons. The highest BCUT2D eigenvalue weighted by atomic mass is 32.1. The molecule has 4 heterocycles. The summed E-state index contributed by atoms with van der Waals surface area (Å²) in [5, 5.41) is 4.74. The summed E-state index contributed by atoms with van der Waals surface area (Å²) in [7, 11) is 0. The first-order valence-corrected chi connectivity index (χ1v) is 10.6. The van der Waals surface area contributed by atoms with Crippen LogP contribution in [0.2, 0.25) is 0 Å². The van der Waals surface area contributed by atoms with Crippen LogP contribution in [0.5, 0.6) is 0 Å². The highest BCUT2D eigenvalue weighted by molar-refractivity contribution is 7.16. The standard InChI is InChI=1S/C24H21N5S/c1-24(2,3)28-23-22(27-21-15-25-13-14-29(21)23)20-10-9-17(30-20)8-7-16-5-4-6-19-18(16)11-12-26-19/h4-6,9-15,26,28H,1-3H3. The van der Waals surface area contributed by atoms with E-state index in [1.54, 1.807) is 23.7 Å². The summed E-state index contributed by atoms with van der Waals surface area (Å²) in [6.45, 7) is 6.43. The molecule has 0 atom stereocenters. The Bertz CT molecular complexity index is 1420. The zero-order chi connectivity index (χ0) is 20.7. The van der Waals surface area contributed by atoms with E-state index < -0.39 is 0 Å². The van der Waals surface area contributed by atoms with Gasteiger partial charge in [-0.15, -0.1) is 11.3 Å². The molecule has 0 saturated carbocycles. The average molecular weight is 412 g/mol. The molecule has 5 nitrogen and oxygen atoms in total. The van der Waals surface area contributed by atoms with Crippen molar-refractivity contribution >= 4 is 33.7 Å². The molecule has 0 aliphatic rings. The third kappa shape index (κ3) is 3.44. The van der Waals surface area contributed by atoms with E-state index in [0.717, 1.165) is 43.4 Å². The van der Waals surface area contributed by atoms with Gasteiger partial charge in [-0.05, 0) is 51.1 Å². The summed E-state index contributed by atoms with van der Waals surface area (Å²) < 4.78 is 2.05. The summed E-state index contributed by atoms with van der Waals surface area (Å²) in [6, 6.07) is 12.4. The highest BCUT2D eigenvalue weighted by Crippen LogP contribution is 2.34. The molecule has 0 aliphatic carbocycles. The minimum atomic E-state index is -0.0941. The first-order valence-electron chi connectivity index (χ1n) is 9.76. The van der Waals surface area contributed by atoms with E-state index in [1.807, 2.05) is 22.9 Å². The highest BCUT2D eigenvalue weighted by Gasteiger charge is 2.20. The quantitative estimate of drug-likeness (QED) is 0.375. The zero-order valence-electron chi connectivity index (χ0n) is 17.0. The molecule has 148 valence electrons. The number of aromatic nitrogens is 4. The molecule has 30 heavy (non-hydrogen) atoms. The Kier molecular flexibility index (Phi) is 4.34. The van der Waals surface area contributed by atoms with Crippen LogP contribution in [0.25, 0.3) is 27.1 Å². The summed E-state index contributed by atoms with van der Waals surface area (Å²) in [5.74, 6) is 7.62. The molecule has 0 saturated heterocycles. The van der Waals surface area contributed by atoms with Crippen LogP contribution in [-0.2, 0) is 0 Å². The minimum Gasteiger partial charge on any atom is -0.365 e. The number of thiophene rings is 1. The van der Waals surface area contributed by atoms with E-state index in [-0.39, 0.29) is 5.54 Å². The Balaban J connectivity index is 1.54. The van der Waals surface area contributed by atoms with Crippen LogP contribution >= 0.6 is 11.3 Å². The van der Waals surface area contributed by atoms with Crippen molar-refractivity contribution in [2.75, 3.05) is 5.32 Å². The Morgan fingerprint density at radius 1 is 1.10 bits per heavy atom. The fraction of sp³-hybridized carbons (Fsp3) is 0.167. The zero-order valence-corrected chi connectivity index (χ0v) is 17.8. The third-order valence-corrected chi connectivity index (χ3v) is 5.69. The second-order valence-electron chi connectivity index (χ2n) is 8.15. The van der Waals surface area contributed by atoms with Gasteiger partial charge in [0.25, 0.3) is 0 Å². The maximum atomic E-state index is 4.83. The van der Waals surface area contributed by atoms with Gasteiger partial charge in [0.15, 0.2) is 5.65 Å². The van der Waals surface area contributed by atoms with Crippen molar-refractivity contribution in [3.63, 3.8) is 0 Å². The topological polar surface area (TPSA) is 58.0 Å². The van der Waals surface area contributed by atoms with E-state index in [2.05, 4.69) is 78.2 Å². The number of H-pyrrole nitrogens is 1. The fourth-order valence-electron chi connectivity index (χ4n) is 3.41. The van der Waals surface area contributed by atoms with Gasteiger partial charge in [0.2, 0.25) is 0 Å². The fourth-order valence-corrected chi connectivity index (χ4v) is 4.26. The second kappa shape index (κ2) is 7.05. The number of anilines is 1. The summed E-state index contributed by atoms with van der Waals surface area (Å²) in [5.41, 5.74) is 3.77. The molecule has 5 aromatic rings. The monoisotopic (exact) mass is 411 g/mol. The van der Waals surface area contributed by atoms with Crippen LogP contribution in [0.4, 0.5) is 5.82 Å². The lowest BCUT2D eigenvalue weighted by Gasteiger charge is -2.22. The molecule has 2 N–H and O–H groups in total. The van der Waals surface area contributed by atoms with E-state index >= 15 is 0 Å². The van der Waals surface area contributed by atoms with Crippen LogP contribution in [-0.4, -0.2) is 24.9 Å². The van der Waals surface area contributed by atoms with Gasteiger partial charge in [0.05, 0.1) is 16.0 Å². The first kappa shape index (κ1) is 18.5. The summed E-state index contributed by atoms with van der Waals surface area (Å²) in [6.07, 6.45) is 7.44. The Labute approximate surface area is 178 Å². The normalized spacial score (nSPS) is 11.6. The molecule has 6 heteroatoms. The number of aromatic amines is 1. The van der Waals surface area contributed by atoms with Gasteiger partial charge >= 0.3 is 0 Å². The van der Waals surface area contributed by atoms with Gasteiger partial charge < -0.3 is 10.3 Å². The van der Waals surface area contributed by atoms with Gasteiger partial charge in [0, 0.05) is 40.6 Å². The van der Waals surface area contributed by atoms with E-state index in [0.29, 0.717) is 0 Å². The van der Waals surface area contributed by atoms with E-state index in [9.17, 15) is 0 Å². The van der Waals surface area contributed by atoms with Crippen molar-refractivity contribution in [3.8, 4) is 22.4 Å². The van der Waals surface area contributed by atoms with Crippen LogP contribution in [0.1, 0.15) is 31.2 Å². The average Bonchev–Trinajstić information content (AvgIpc) is 3.44. The van der Waals surface area contributed by atoms with Crippen molar-refractivity contribution in [1.29, 1.82) is 0 Å². The summed E-state index contributed by atoms with van der Waals surface area (Å²) >= 11 is 1.65. The van der Waals surface area contributed by atoms with Gasteiger partial charge in [0.1, 0.15) is 11.5 Å². The number of nitrogens with one attached hydrogen (secondary N) is 2. The maximum absolute atomic E-state index is 4.83. The molecule has 4 aromatic heterocycles. The van der Waals surface area contributed by atoms with Gasteiger partial charge in [-0.2, -0.15) is 0 Å². The van der Waals surface area contributed by atoms with E-state index in [4.69, 9.17) is 4.98 Å². The van der Waals surface area contributed by atoms with Gasteiger partial charge in [-0.3, -0.25) is 9.38 Å². The van der Waals surface area contributed by atoms with Crippen LogP contribution in [0.15, 0.2) is 61.2 Å². The lowest BCUT2D eigenvalue weighted by molar-refractivity contribution is 0.629. The minimum absolute atomic E-state index is 0.0941. The molecular weight excluding hydrogens is 390 g/mol. The number of rotatable bonds is 2. The van der Waals surface area contributed by atoms with Crippen LogP contribution < -0.4 is 5.32 Å². The molecule has 0 amide bonds. The lowest BCUT2D eigenvalue weighted by Crippen LogP contribution is -2.27. The Morgan fingerprint density at radius 2 is 2.00 bits per heavy atom. The molecule has 5 rings (SSSR count). The number of hydrogen-bond donors (Lipinski definition) is 2. The second-order valence-corrected chi connectivity index (χ2v) is 9.23. The summed E-state index contributed by atoms with van der Waals surface area (Å²) in [4.78, 5) is 14.4. The lowest BCUT2D eigenvalue weighted by atomic mass is 10.1. The van der Waals surface area contributed by atoms with Crippen molar-refractivity contribution in [2.24, 2.45) is 0 Å². The Hall–Kier alpha value is -3.56. The molecular formula is C24H21N5S. The van der Waals surface area contributed by atoms with Crippen molar-refractivity contribution in [1.82, 2.24) is 19.4 Å². The maximum Gasteiger partial charge on any atom is 0.157 e. The van der Waals surface area contributed by atoms with Crippen LogP contribution in [0.3, 0.4) is 0 Å². The molecule has 1 aromatic carbocycles.